The highest BCUT2D eigenvalue weighted by molar-refractivity contribution is 5.14. The molecule has 0 amide bonds. The summed E-state index contributed by atoms with van der Waals surface area (Å²) in [5, 5.41) is 13.7. The van der Waals surface area contributed by atoms with E-state index in [9.17, 15) is 5.11 Å². The van der Waals surface area contributed by atoms with Gasteiger partial charge in [0.25, 0.3) is 0 Å². The number of hydrogen-bond acceptors (Lipinski definition) is 4. The van der Waals surface area contributed by atoms with E-state index in [0.717, 1.165) is 65.2 Å². The van der Waals surface area contributed by atoms with Gasteiger partial charge in [0, 0.05) is 45.8 Å². The lowest BCUT2D eigenvalue weighted by Gasteiger charge is -2.38. The molecule has 1 unspecified atom stereocenters. The topological polar surface area (TPSA) is 38.7 Å². The Bertz CT molecular complexity index is 423. The molecule has 1 atom stereocenters. The first-order valence-electron chi connectivity index (χ1n) is 8.15. The zero-order valence-corrected chi connectivity index (χ0v) is 12.8. The molecule has 2 heterocycles. The summed E-state index contributed by atoms with van der Waals surface area (Å²) >= 11 is 0. The van der Waals surface area contributed by atoms with Crippen LogP contribution in [0, 0.1) is 0 Å². The highest BCUT2D eigenvalue weighted by Gasteiger charge is 2.33. The van der Waals surface area contributed by atoms with Crippen LogP contribution >= 0.6 is 0 Å². The Hall–Kier alpha value is -0.940. The van der Waals surface area contributed by atoms with Crippen molar-refractivity contribution in [2.75, 3.05) is 52.4 Å². The Morgan fingerprint density at radius 1 is 1.05 bits per heavy atom. The van der Waals surface area contributed by atoms with Crippen molar-refractivity contribution in [3.63, 3.8) is 0 Å². The number of piperazine rings is 1. The van der Waals surface area contributed by atoms with Gasteiger partial charge in [0.1, 0.15) is 0 Å². The molecule has 2 fully saturated rings. The Balaban J connectivity index is 1.39. The third kappa shape index (κ3) is 4.27. The van der Waals surface area contributed by atoms with E-state index in [2.05, 4.69) is 45.4 Å². The second-order valence-electron chi connectivity index (χ2n) is 6.50. The van der Waals surface area contributed by atoms with Gasteiger partial charge in [-0.2, -0.15) is 0 Å². The normalized spacial score (nSPS) is 28.0. The van der Waals surface area contributed by atoms with Crippen molar-refractivity contribution in [2.45, 2.75) is 18.4 Å². The first kappa shape index (κ1) is 15.0. The van der Waals surface area contributed by atoms with Crippen molar-refractivity contribution in [1.82, 2.24) is 15.1 Å². The van der Waals surface area contributed by atoms with Crippen LogP contribution in [0.5, 0.6) is 0 Å². The van der Waals surface area contributed by atoms with Gasteiger partial charge in [0.15, 0.2) is 0 Å². The fourth-order valence-corrected chi connectivity index (χ4v) is 3.38. The third-order valence-electron chi connectivity index (χ3n) is 4.76. The molecule has 4 nitrogen and oxygen atoms in total. The van der Waals surface area contributed by atoms with E-state index in [-0.39, 0.29) is 0 Å². The van der Waals surface area contributed by atoms with Crippen molar-refractivity contribution in [3.8, 4) is 0 Å². The quantitative estimate of drug-likeness (QED) is 0.831. The van der Waals surface area contributed by atoms with Gasteiger partial charge in [-0.15, -0.1) is 0 Å². The van der Waals surface area contributed by atoms with E-state index in [4.69, 9.17) is 0 Å². The second kappa shape index (κ2) is 6.88. The van der Waals surface area contributed by atoms with E-state index in [1.54, 1.807) is 0 Å². The van der Waals surface area contributed by atoms with Crippen LogP contribution in [0.2, 0.25) is 0 Å². The van der Waals surface area contributed by atoms with Crippen LogP contribution < -0.4 is 5.32 Å². The van der Waals surface area contributed by atoms with Gasteiger partial charge in [-0.1, -0.05) is 30.3 Å². The maximum atomic E-state index is 10.4. The smallest absolute Gasteiger partial charge is 0.0909 e. The fraction of sp³-hybridized carbons (Fsp3) is 0.647. The van der Waals surface area contributed by atoms with E-state index in [1.165, 1.54) is 5.56 Å². The maximum absolute atomic E-state index is 10.4. The maximum Gasteiger partial charge on any atom is 0.0909 e. The minimum atomic E-state index is -0.494. The Kier molecular flexibility index (Phi) is 4.91. The van der Waals surface area contributed by atoms with Gasteiger partial charge >= 0.3 is 0 Å². The Morgan fingerprint density at radius 3 is 2.43 bits per heavy atom. The first-order valence-corrected chi connectivity index (χ1v) is 8.15. The van der Waals surface area contributed by atoms with Gasteiger partial charge in [-0.3, -0.25) is 4.90 Å². The molecule has 2 aliphatic heterocycles. The van der Waals surface area contributed by atoms with Crippen LogP contribution in [-0.4, -0.2) is 72.9 Å². The number of rotatable bonds is 5. The molecule has 0 bridgehead atoms. The number of β-amino-alcohol motifs (C(OH)–C–C–N with tert-alkyl or cyclic N) is 1. The summed E-state index contributed by atoms with van der Waals surface area (Å²) in [4.78, 5) is 4.96. The molecule has 0 radical (unpaired) electrons. The molecule has 1 aromatic rings. The zero-order chi connectivity index (χ0) is 14.5. The van der Waals surface area contributed by atoms with Crippen LogP contribution in [0.15, 0.2) is 30.3 Å². The minimum Gasteiger partial charge on any atom is -0.387 e. The third-order valence-corrected chi connectivity index (χ3v) is 4.76. The number of aliphatic hydroxyl groups is 1. The number of benzene rings is 1. The molecule has 1 aromatic carbocycles. The van der Waals surface area contributed by atoms with Crippen LogP contribution in [0.25, 0.3) is 0 Å². The van der Waals surface area contributed by atoms with E-state index < -0.39 is 5.60 Å². The molecule has 0 aliphatic carbocycles. The monoisotopic (exact) mass is 289 g/mol. The van der Waals surface area contributed by atoms with Gasteiger partial charge in [0.05, 0.1) is 5.60 Å². The van der Waals surface area contributed by atoms with Gasteiger partial charge in [-0.25, -0.2) is 0 Å². The van der Waals surface area contributed by atoms with Gasteiger partial charge in [0.2, 0.25) is 0 Å². The lowest BCUT2D eigenvalue weighted by Crippen LogP contribution is -2.52. The summed E-state index contributed by atoms with van der Waals surface area (Å²) in [6.45, 7) is 8.08. The molecule has 2 saturated heterocycles. The minimum absolute atomic E-state index is 0.494. The summed E-state index contributed by atoms with van der Waals surface area (Å²) < 4.78 is 0. The molecular formula is C17H27N3O. The standard InChI is InChI=1S/C17H27N3O/c21-17(7-8-18-14-17)15-20-12-10-19(11-13-20)9-6-16-4-2-1-3-5-16/h1-5,18,21H,6-15H2. The van der Waals surface area contributed by atoms with Crippen LogP contribution in [0.3, 0.4) is 0 Å². The van der Waals surface area contributed by atoms with E-state index >= 15 is 0 Å². The van der Waals surface area contributed by atoms with Crippen molar-refractivity contribution < 1.29 is 5.11 Å². The second-order valence-corrected chi connectivity index (χ2v) is 6.50. The Labute approximate surface area is 127 Å². The van der Waals surface area contributed by atoms with Crippen LogP contribution in [-0.2, 0) is 6.42 Å². The number of nitrogens with one attached hydrogen (secondary N) is 1. The highest BCUT2D eigenvalue weighted by Crippen LogP contribution is 2.17. The molecule has 21 heavy (non-hydrogen) atoms. The average Bonchev–Trinajstić information content (AvgIpc) is 2.94. The first-order chi connectivity index (χ1) is 10.2. The molecule has 0 aromatic heterocycles. The lowest BCUT2D eigenvalue weighted by atomic mass is 10.0. The fourth-order valence-electron chi connectivity index (χ4n) is 3.38. The lowest BCUT2D eigenvalue weighted by molar-refractivity contribution is 0.00535. The predicted octanol–water partition coefficient (Wildman–Crippen LogP) is 0.571. The Morgan fingerprint density at radius 2 is 1.76 bits per heavy atom. The molecule has 3 rings (SSSR count). The summed E-state index contributed by atoms with van der Waals surface area (Å²) in [7, 11) is 0. The van der Waals surface area contributed by atoms with E-state index in [1.807, 2.05) is 0 Å². The number of nitrogens with zero attached hydrogens (tertiary/aromatic N) is 2. The van der Waals surface area contributed by atoms with Crippen LogP contribution in [0.1, 0.15) is 12.0 Å². The molecule has 0 saturated carbocycles. The van der Waals surface area contributed by atoms with Gasteiger partial charge in [-0.05, 0) is 24.9 Å². The highest BCUT2D eigenvalue weighted by atomic mass is 16.3. The largest absolute Gasteiger partial charge is 0.387 e. The van der Waals surface area contributed by atoms with Gasteiger partial charge < -0.3 is 15.3 Å². The average molecular weight is 289 g/mol. The van der Waals surface area contributed by atoms with E-state index in [0.29, 0.717) is 0 Å². The molecular weight excluding hydrogens is 262 g/mol. The molecule has 116 valence electrons. The zero-order valence-electron chi connectivity index (χ0n) is 12.8. The molecule has 0 spiro atoms. The van der Waals surface area contributed by atoms with Crippen molar-refractivity contribution in [1.29, 1.82) is 0 Å². The summed E-state index contributed by atoms with van der Waals surface area (Å²) in [6, 6.07) is 10.7. The SMILES string of the molecule is OC1(CN2CCN(CCc3ccccc3)CC2)CCNC1. The van der Waals surface area contributed by atoms with Crippen molar-refractivity contribution in [3.05, 3.63) is 35.9 Å². The summed E-state index contributed by atoms with van der Waals surface area (Å²) in [5.41, 5.74) is 0.929. The summed E-state index contributed by atoms with van der Waals surface area (Å²) in [5.74, 6) is 0. The number of hydrogen-bond donors (Lipinski definition) is 2. The van der Waals surface area contributed by atoms with Crippen LogP contribution in [0.4, 0.5) is 0 Å². The molecule has 4 heteroatoms. The van der Waals surface area contributed by atoms with Crippen molar-refractivity contribution in [2.24, 2.45) is 0 Å². The molecule has 2 N–H and O–H groups in total. The molecule has 2 aliphatic rings. The predicted molar refractivity (Wildman–Crippen MR) is 85.5 cm³/mol. The van der Waals surface area contributed by atoms with Crippen molar-refractivity contribution >= 4 is 0 Å². The summed E-state index contributed by atoms with van der Waals surface area (Å²) in [6.07, 6.45) is 2.02.